The summed E-state index contributed by atoms with van der Waals surface area (Å²) in [5.41, 5.74) is 7.08. The molecule has 1 rings (SSSR count). The van der Waals surface area contributed by atoms with E-state index in [0.717, 1.165) is 5.56 Å². The van der Waals surface area contributed by atoms with Crippen LogP contribution in [0.1, 0.15) is 19.4 Å². The Kier molecular flexibility index (Phi) is 6.29. The molecule has 0 heterocycles. The van der Waals surface area contributed by atoms with Gasteiger partial charge in [-0.1, -0.05) is 44.2 Å². The van der Waals surface area contributed by atoms with E-state index in [1.54, 1.807) is 0 Å². The molecule has 0 aromatic heterocycles. The summed E-state index contributed by atoms with van der Waals surface area (Å²) in [6.07, 6.45) is -0.0289. The Balaban J connectivity index is 2.39. The lowest BCUT2D eigenvalue weighted by Crippen LogP contribution is -2.43. The highest BCUT2D eigenvalue weighted by atomic mass is 16.3. The van der Waals surface area contributed by atoms with Crippen molar-refractivity contribution in [2.45, 2.75) is 32.4 Å². The lowest BCUT2D eigenvalue weighted by atomic mass is 10.0. The summed E-state index contributed by atoms with van der Waals surface area (Å²) < 4.78 is 0. The van der Waals surface area contributed by atoms with Crippen molar-refractivity contribution < 1.29 is 5.11 Å². The summed E-state index contributed by atoms with van der Waals surface area (Å²) in [5, 5.41) is 11.4. The molecule has 1 aromatic rings. The van der Waals surface area contributed by atoms with Crippen molar-refractivity contribution >= 4 is 0 Å². The van der Waals surface area contributed by atoms with Crippen molar-refractivity contribution in [2.24, 2.45) is 11.7 Å². The fourth-order valence-corrected chi connectivity index (χ4v) is 1.90. The second kappa shape index (κ2) is 7.48. The van der Waals surface area contributed by atoms with Crippen LogP contribution in [0.2, 0.25) is 0 Å². The number of aliphatic hydroxyl groups excluding tert-OH is 1. The molecule has 4 heteroatoms. The predicted molar refractivity (Wildman–Crippen MR) is 74.9 cm³/mol. The molecule has 102 valence electrons. The van der Waals surface area contributed by atoms with Gasteiger partial charge in [0.15, 0.2) is 0 Å². The highest BCUT2D eigenvalue weighted by Crippen LogP contribution is 2.07. The third-order valence-electron chi connectivity index (χ3n) is 2.80. The molecule has 0 aliphatic heterocycles. The number of nitrogens with one attached hydrogen (secondary N) is 1. The Labute approximate surface area is 110 Å². The highest BCUT2D eigenvalue weighted by Gasteiger charge is 2.15. The highest BCUT2D eigenvalue weighted by molar-refractivity contribution is 5.16. The minimum absolute atomic E-state index is 0.298. The van der Waals surface area contributed by atoms with Gasteiger partial charge >= 0.3 is 0 Å². The van der Waals surface area contributed by atoms with Gasteiger partial charge in [0, 0.05) is 12.6 Å². The van der Waals surface area contributed by atoms with E-state index in [0.29, 0.717) is 25.4 Å². The zero-order chi connectivity index (χ0) is 13.5. The van der Waals surface area contributed by atoms with Crippen LogP contribution in [0, 0.1) is 5.92 Å². The number of hydrogen-bond donors (Lipinski definition) is 2. The minimum Gasteiger partial charge on any atom is -0.610 e. The lowest BCUT2D eigenvalue weighted by molar-refractivity contribution is 0.105. The first-order valence-corrected chi connectivity index (χ1v) is 6.42. The van der Waals surface area contributed by atoms with Gasteiger partial charge in [-0.2, -0.15) is 0 Å². The van der Waals surface area contributed by atoms with Gasteiger partial charge in [-0.25, -0.2) is 0 Å². The number of nitrogens with zero attached hydrogens (tertiary/aromatic N) is 1. The Hall–Kier alpha value is -0.940. The van der Waals surface area contributed by atoms with E-state index in [1.807, 2.05) is 30.3 Å². The van der Waals surface area contributed by atoms with Gasteiger partial charge in [0.05, 0.1) is 6.10 Å². The van der Waals surface area contributed by atoms with Crippen LogP contribution >= 0.6 is 0 Å². The SMILES string of the molecule is CC(C)CN([NH-])C[C@H](O)C(N)Cc1ccccc1. The number of rotatable bonds is 7. The van der Waals surface area contributed by atoms with Gasteiger partial charge < -0.3 is 21.7 Å². The van der Waals surface area contributed by atoms with Crippen molar-refractivity contribution in [1.82, 2.24) is 5.01 Å². The summed E-state index contributed by atoms with van der Waals surface area (Å²) in [4.78, 5) is 0. The maximum absolute atomic E-state index is 9.98. The van der Waals surface area contributed by atoms with E-state index >= 15 is 0 Å². The Bertz CT molecular complexity index is 329. The van der Waals surface area contributed by atoms with E-state index in [-0.39, 0.29) is 6.04 Å². The Morgan fingerprint density at radius 3 is 2.39 bits per heavy atom. The van der Waals surface area contributed by atoms with E-state index in [9.17, 15) is 5.11 Å². The smallest absolute Gasteiger partial charge is 0.0806 e. The first-order chi connectivity index (χ1) is 8.49. The molecule has 1 unspecified atom stereocenters. The van der Waals surface area contributed by atoms with Gasteiger partial charge in [-0.3, -0.25) is 0 Å². The van der Waals surface area contributed by atoms with Gasteiger partial charge in [0.2, 0.25) is 0 Å². The van der Waals surface area contributed by atoms with Crippen molar-refractivity contribution in [2.75, 3.05) is 13.1 Å². The monoisotopic (exact) mass is 250 g/mol. The number of nitrogens with two attached hydrogens (primary N) is 1. The summed E-state index contributed by atoms with van der Waals surface area (Å²) in [5.74, 6) is 8.14. The van der Waals surface area contributed by atoms with Crippen LogP contribution in [0.3, 0.4) is 0 Å². The van der Waals surface area contributed by atoms with Crippen LogP contribution in [0.5, 0.6) is 0 Å². The molecular formula is C14H24N3O-. The van der Waals surface area contributed by atoms with Gasteiger partial charge in [0.25, 0.3) is 0 Å². The molecule has 1 aromatic carbocycles. The van der Waals surface area contributed by atoms with E-state index in [4.69, 9.17) is 11.6 Å². The second-order valence-electron chi connectivity index (χ2n) is 5.22. The molecule has 18 heavy (non-hydrogen) atoms. The zero-order valence-electron chi connectivity index (χ0n) is 11.2. The standard InChI is InChI=1S/C14H24N3O/c1-11(2)9-17(16)10-14(18)13(15)8-12-6-4-3-5-7-12/h3-7,11,13-14,16,18H,8-10,15H2,1-2H3/q-1/t13?,14-/m0/s1. The second-order valence-corrected chi connectivity index (χ2v) is 5.22. The summed E-state index contributed by atoms with van der Waals surface area (Å²) in [7, 11) is 0. The van der Waals surface area contributed by atoms with Crippen LogP contribution in [-0.4, -0.2) is 35.4 Å². The van der Waals surface area contributed by atoms with Crippen LogP contribution in [0.4, 0.5) is 0 Å². The Morgan fingerprint density at radius 1 is 1.22 bits per heavy atom. The molecule has 0 fully saturated rings. The van der Waals surface area contributed by atoms with Crippen LogP contribution in [-0.2, 0) is 6.42 Å². The summed E-state index contributed by atoms with van der Waals surface area (Å²) in [6.45, 7) is 5.05. The normalized spacial score (nSPS) is 15.1. The van der Waals surface area contributed by atoms with Crippen LogP contribution in [0.25, 0.3) is 5.84 Å². The molecule has 0 radical (unpaired) electrons. The molecule has 0 aliphatic rings. The topological polar surface area (TPSA) is 73.3 Å². The van der Waals surface area contributed by atoms with Crippen LogP contribution < -0.4 is 5.73 Å². The molecule has 4 nitrogen and oxygen atoms in total. The molecule has 4 N–H and O–H groups in total. The average Bonchev–Trinajstić information content (AvgIpc) is 2.28. The maximum atomic E-state index is 9.98. The van der Waals surface area contributed by atoms with Crippen molar-refractivity contribution in [3.05, 3.63) is 41.7 Å². The molecule has 0 spiro atoms. The lowest BCUT2D eigenvalue weighted by Gasteiger charge is -2.32. The largest absolute Gasteiger partial charge is 0.610 e. The van der Waals surface area contributed by atoms with E-state index < -0.39 is 6.10 Å². The molecule has 0 saturated carbocycles. The third-order valence-corrected chi connectivity index (χ3v) is 2.80. The number of aliphatic hydroxyl groups is 1. The quantitative estimate of drug-likeness (QED) is 0.725. The number of benzene rings is 1. The number of hydrogen-bond acceptors (Lipinski definition) is 3. The minimum atomic E-state index is -0.665. The third kappa shape index (κ3) is 5.60. The Morgan fingerprint density at radius 2 is 1.83 bits per heavy atom. The fourth-order valence-electron chi connectivity index (χ4n) is 1.90. The zero-order valence-corrected chi connectivity index (χ0v) is 11.2. The van der Waals surface area contributed by atoms with Crippen molar-refractivity contribution in [3.8, 4) is 0 Å². The van der Waals surface area contributed by atoms with E-state index in [1.165, 1.54) is 5.01 Å². The predicted octanol–water partition coefficient (Wildman–Crippen LogP) is 1.84. The van der Waals surface area contributed by atoms with Crippen molar-refractivity contribution in [3.63, 3.8) is 0 Å². The molecule has 0 saturated heterocycles. The van der Waals surface area contributed by atoms with Crippen LogP contribution in [0.15, 0.2) is 30.3 Å². The van der Waals surface area contributed by atoms with Gasteiger partial charge in [0.1, 0.15) is 0 Å². The molecule has 2 atom stereocenters. The first kappa shape index (κ1) is 15.1. The first-order valence-electron chi connectivity index (χ1n) is 6.42. The molecule has 0 aliphatic carbocycles. The maximum Gasteiger partial charge on any atom is 0.0806 e. The molecular weight excluding hydrogens is 226 g/mol. The fraction of sp³-hybridized carbons (Fsp3) is 0.571. The van der Waals surface area contributed by atoms with Gasteiger partial charge in [-0.15, -0.1) is 0 Å². The molecule has 0 amide bonds. The van der Waals surface area contributed by atoms with Crippen molar-refractivity contribution in [1.29, 1.82) is 0 Å². The molecule has 0 bridgehead atoms. The summed E-state index contributed by atoms with van der Waals surface area (Å²) in [6, 6.07) is 9.55. The average molecular weight is 250 g/mol. The van der Waals surface area contributed by atoms with E-state index in [2.05, 4.69) is 13.8 Å². The summed E-state index contributed by atoms with van der Waals surface area (Å²) >= 11 is 0. The van der Waals surface area contributed by atoms with Gasteiger partial charge in [-0.05, 0) is 24.4 Å².